The molecule has 1 aliphatic heterocycles. The Balaban J connectivity index is 2.14. The lowest BCUT2D eigenvalue weighted by Gasteiger charge is -2.29. The van der Waals surface area contributed by atoms with Crippen LogP contribution in [0.25, 0.3) is 0 Å². The predicted molar refractivity (Wildman–Crippen MR) is 61.3 cm³/mol. The lowest BCUT2D eigenvalue weighted by Crippen LogP contribution is -2.44. The van der Waals surface area contributed by atoms with Crippen molar-refractivity contribution in [1.82, 2.24) is 0 Å². The standard InChI is InChI=1S/C13H13FO4/c14-11(8-4-2-1-3-5-8)12(17)13-9(15)6-7-10(16)18-13/h1-7,9,11-13,15,17H/t9?,11-,12+,13+/m1/s1. The number of ether oxygens (including phenoxy) is 1. The maximum absolute atomic E-state index is 14.0. The smallest absolute Gasteiger partial charge is 0.330 e. The number of cyclic esters (lactones) is 1. The molecule has 2 rings (SSSR count). The summed E-state index contributed by atoms with van der Waals surface area (Å²) in [5, 5.41) is 19.4. The maximum Gasteiger partial charge on any atom is 0.330 e. The molecule has 1 aromatic rings. The maximum atomic E-state index is 14.0. The van der Waals surface area contributed by atoms with Crippen LogP contribution in [0, 0.1) is 0 Å². The minimum Gasteiger partial charge on any atom is -0.453 e. The van der Waals surface area contributed by atoms with Gasteiger partial charge in [0.15, 0.2) is 12.3 Å². The Morgan fingerprint density at radius 3 is 2.61 bits per heavy atom. The molecule has 1 unspecified atom stereocenters. The summed E-state index contributed by atoms with van der Waals surface area (Å²) in [6.45, 7) is 0. The van der Waals surface area contributed by atoms with Crippen LogP contribution in [0.1, 0.15) is 11.7 Å². The topological polar surface area (TPSA) is 66.8 Å². The molecule has 0 saturated heterocycles. The molecule has 1 aliphatic rings. The molecule has 0 amide bonds. The van der Waals surface area contributed by atoms with Crippen LogP contribution in [0.4, 0.5) is 4.39 Å². The van der Waals surface area contributed by atoms with Gasteiger partial charge in [-0.1, -0.05) is 30.3 Å². The Labute approximate surface area is 103 Å². The van der Waals surface area contributed by atoms with E-state index in [4.69, 9.17) is 4.74 Å². The van der Waals surface area contributed by atoms with Gasteiger partial charge in [-0.2, -0.15) is 0 Å². The van der Waals surface area contributed by atoms with Crippen LogP contribution in [0.15, 0.2) is 42.5 Å². The molecular formula is C13H13FO4. The molecule has 0 fully saturated rings. The third kappa shape index (κ3) is 2.57. The van der Waals surface area contributed by atoms with Gasteiger partial charge in [0.2, 0.25) is 0 Å². The number of hydrogen-bond acceptors (Lipinski definition) is 4. The average molecular weight is 252 g/mol. The van der Waals surface area contributed by atoms with E-state index in [1.165, 1.54) is 18.2 Å². The average Bonchev–Trinajstić information content (AvgIpc) is 2.41. The zero-order valence-corrected chi connectivity index (χ0v) is 9.44. The molecule has 2 N–H and O–H groups in total. The van der Waals surface area contributed by atoms with Crippen LogP contribution in [-0.4, -0.2) is 34.5 Å². The number of rotatable bonds is 3. The van der Waals surface area contributed by atoms with Crippen molar-refractivity contribution >= 4 is 5.97 Å². The number of hydrogen-bond donors (Lipinski definition) is 2. The van der Waals surface area contributed by atoms with Crippen LogP contribution in [0.3, 0.4) is 0 Å². The quantitative estimate of drug-likeness (QED) is 0.784. The molecule has 1 heterocycles. The first-order chi connectivity index (χ1) is 8.59. The lowest BCUT2D eigenvalue weighted by molar-refractivity contribution is -0.163. The van der Waals surface area contributed by atoms with E-state index in [-0.39, 0.29) is 5.56 Å². The van der Waals surface area contributed by atoms with Gasteiger partial charge >= 0.3 is 5.97 Å². The SMILES string of the molecule is O=C1C=CC(O)[C@@H]([C@@H](O)[C@H](F)c2ccccc2)O1. The Hall–Kier alpha value is -1.72. The Bertz CT molecular complexity index is 446. The van der Waals surface area contributed by atoms with Crippen LogP contribution in [-0.2, 0) is 9.53 Å². The van der Waals surface area contributed by atoms with Crippen LogP contribution < -0.4 is 0 Å². The van der Waals surface area contributed by atoms with E-state index >= 15 is 0 Å². The van der Waals surface area contributed by atoms with Gasteiger partial charge < -0.3 is 14.9 Å². The molecule has 0 radical (unpaired) electrons. The first-order valence-electron chi connectivity index (χ1n) is 5.53. The molecule has 4 nitrogen and oxygen atoms in total. The van der Waals surface area contributed by atoms with Crippen molar-refractivity contribution in [2.24, 2.45) is 0 Å². The second-order valence-electron chi connectivity index (χ2n) is 4.05. The molecule has 18 heavy (non-hydrogen) atoms. The summed E-state index contributed by atoms with van der Waals surface area (Å²) < 4.78 is 18.8. The monoisotopic (exact) mass is 252 g/mol. The predicted octanol–water partition coefficient (Wildman–Crippen LogP) is 0.901. The van der Waals surface area contributed by atoms with Gasteiger partial charge in [-0.25, -0.2) is 9.18 Å². The fourth-order valence-electron chi connectivity index (χ4n) is 1.80. The van der Waals surface area contributed by atoms with Crippen LogP contribution >= 0.6 is 0 Å². The Morgan fingerprint density at radius 1 is 1.28 bits per heavy atom. The third-order valence-electron chi connectivity index (χ3n) is 2.77. The molecule has 4 atom stereocenters. The summed E-state index contributed by atoms with van der Waals surface area (Å²) in [7, 11) is 0. The van der Waals surface area contributed by atoms with Crippen molar-refractivity contribution < 1.29 is 24.1 Å². The zero-order valence-electron chi connectivity index (χ0n) is 9.44. The van der Waals surface area contributed by atoms with E-state index in [1.54, 1.807) is 18.2 Å². The fourth-order valence-corrected chi connectivity index (χ4v) is 1.80. The van der Waals surface area contributed by atoms with Gasteiger partial charge in [-0.3, -0.25) is 0 Å². The number of carbonyl (C=O) groups is 1. The van der Waals surface area contributed by atoms with Crippen molar-refractivity contribution in [3.8, 4) is 0 Å². The molecule has 0 aliphatic carbocycles. The molecule has 0 bridgehead atoms. The van der Waals surface area contributed by atoms with Crippen LogP contribution in [0.5, 0.6) is 0 Å². The molecule has 5 heteroatoms. The van der Waals surface area contributed by atoms with Crippen molar-refractivity contribution in [3.63, 3.8) is 0 Å². The number of aliphatic hydroxyl groups is 2. The highest BCUT2D eigenvalue weighted by Gasteiger charge is 2.37. The highest BCUT2D eigenvalue weighted by atomic mass is 19.1. The van der Waals surface area contributed by atoms with Crippen molar-refractivity contribution in [2.45, 2.75) is 24.5 Å². The Morgan fingerprint density at radius 2 is 1.94 bits per heavy atom. The van der Waals surface area contributed by atoms with Crippen molar-refractivity contribution in [3.05, 3.63) is 48.0 Å². The summed E-state index contributed by atoms with van der Waals surface area (Å²) in [6.07, 6.45) is -3.63. The summed E-state index contributed by atoms with van der Waals surface area (Å²) in [5.41, 5.74) is 0.266. The van der Waals surface area contributed by atoms with Gasteiger partial charge in [-0.15, -0.1) is 0 Å². The Kier molecular flexibility index (Phi) is 3.74. The summed E-state index contributed by atoms with van der Waals surface area (Å²) >= 11 is 0. The normalized spacial score (nSPS) is 26.5. The zero-order chi connectivity index (χ0) is 13.1. The number of aliphatic hydroxyl groups excluding tert-OH is 2. The highest BCUT2D eigenvalue weighted by molar-refractivity contribution is 5.83. The van der Waals surface area contributed by atoms with E-state index in [9.17, 15) is 19.4 Å². The number of esters is 1. The number of carbonyl (C=O) groups excluding carboxylic acids is 1. The number of alkyl halides is 1. The minimum atomic E-state index is -1.73. The molecule has 0 spiro atoms. The van der Waals surface area contributed by atoms with E-state index in [0.29, 0.717) is 0 Å². The van der Waals surface area contributed by atoms with Gasteiger partial charge in [-0.05, 0) is 11.6 Å². The summed E-state index contributed by atoms with van der Waals surface area (Å²) in [5.74, 6) is -0.704. The van der Waals surface area contributed by atoms with E-state index in [2.05, 4.69) is 0 Å². The largest absolute Gasteiger partial charge is 0.453 e. The van der Waals surface area contributed by atoms with Gasteiger partial charge in [0, 0.05) is 6.08 Å². The first-order valence-corrected chi connectivity index (χ1v) is 5.53. The van der Waals surface area contributed by atoms with Crippen molar-refractivity contribution in [1.29, 1.82) is 0 Å². The molecule has 0 saturated carbocycles. The molecule has 96 valence electrons. The molecule has 1 aromatic carbocycles. The lowest BCUT2D eigenvalue weighted by atomic mass is 9.97. The fraction of sp³-hybridized carbons (Fsp3) is 0.308. The molecular weight excluding hydrogens is 239 g/mol. The summed E-state index contributed by atoms with van der Waals surface area (Å²) in [6, 6.07) is 8.03. The number of benzene rings is 1. The van der Waals surface area contributed by atoms with E-state index in [1.807, 2.05) is 0 Å². The molecule has 0 aromatic heterocycles. The first kappa shape index (κ1) is 12.7. The van der Waals surface area contributed by atoms with Gasteiger partial charge in [0.1, 0.15) is 12.2 Å². The van der Waals surface area contributed by atoms with Gasteiger partial charge in [0.25, 0.3) is 0 Å². The second kappa shape index (κ2) is 5.29. The van der Waals surface area contributed by atoms with Crippen LogP contribution in [0.2, 0.25) is 0 Å². The van der Waals surface area contributed by atoms with Gasteiger partial charge in [0.05, 0.1) is 0 Å². The number of halogens is 1. The minimum absolute atomic E-state index is 0.266. The summed E-state index contributed by atoms with van der Waals surface area (Å²) in [4.78, 5) is 11.0. The van der Waals surface area contributed by atoms with Crippen molar-refractivity contribution in [2.75, 3.05) is 0 Å². The third-order valence-corrected chi connectivity index (χ3v) is 2.77. The second-order valence-corrected chi connectivity index (χ2v) is 4.05. The van der Waals surface area contributed by atoms with E-state index < -0.39 is 30.5 Å². The van der Waals surface area contributed by atoms with E-state index in [0.717, 1.165) is 6.08 Å². The highest BCUT2D eigenvalue weighted by Crippen LogP contribution is 2.27.